The van der Waals surface area contributed by atoms with Gasteiger partial charge in [-0.3, -0.25) is 4.79 Å². The second kappa shape index (κ2) is 49.9. The Bertz CT molecular complexity index is 1260. The van der Waals surface area contributed by atoms with E-state index in [2.05, 4.69) is 141 Å². The smallest absolute Gasteiger partial charge is 0.220 e. The molecular formula is C56H91NO3. The fraction of sp³-hybridized carbons (Fsp3) is 0.589. The molecule has 4 heteroatoms. The Kier molecular flexibility index (Phi) is 47.0. The molecule has 0 saturated heterocycles. The van der Waals surface area contributed by atoms with Gasteiger partial charge in [0, 0.05) is 6.42 Å². The van der Waals surface area contributed by atoms with E-state index >= 15 is 0 Å². The first-order valence-electron chi connectivity index (χ1n) is 24.4. The van der Waals surface area contributed by atoms with Crippen molar-refractivity contribution in [2.75, 3.05) is 6.61 Å². The van der Waals surface area contributed by atoms with E-state index in [0.29, 0.717) is 6.42 Å². The van der Waals surface area contributed by atoms with Crippen LogP contribution in [0.5, 0.6) is 0 Å². The van der Waals surface area contributed by atoms with Crippen molar-refractivity contribution in [1.82, 2.24) is 5.32 Å². The average Bonchev–Trinajstić information content (AvgIpc) is 3.25. The first-order valence-corrected chi connectivity index (χ1v) is 24.4. The van der Waals surface area contributed by atoms with Gasteiger partial charge in [0.15, 0.2) is 0 Å². The number of aliphatic hydroxyl groups is 2. The van der Waals surface area contributed by atoms with Gasteiger partial charge in [-0.25, -0.2) is 0 Å². The molecule has 0 rings (SSSR count). The lowest BCUT2D eigenvalue weighted by Gasteiger charge is -2.19. The van der Waals surface area contributed by atoms with Gasteiger partial charge in [0.2, 0.25) is 5.91 Å². The fourth-order valence-electron chi connectivity index (χ4n) is 6.40. The predicted molar refractivity (Wildman–Crippen MR) is 266 cm³/mol. The molecule has 60 heavy (non-hydrogen) atoms. The van der Waals surface area contributed by atoms with Crippen molar-refractivity contribution in [3.63, 3.8) is 0 Å². The number of allylic oxidation sites excluding steroid dienone is 21. The SMILES string of the molecule is CC/C=C\C/C=C\C/C=C\C/C=C\C/C=C\C/C=C\C/C=C\C/C=C\CCCCCCCCCCCCC(=O)NC(CO)C(O)/C=C/CC/C=C/CC/C=C/CCCCC. The van der Waals surface area contributed by atoms with Gasteiger partial charge in [0.1, 0.15) is 0 Å². The molecule has 0 aliphatic carbocycles. The van der Waals surface area contributed by atoms with Crippen LogP contribution in [0.1, 0.15) is 194 Å². The second-order valence-corrected chi connectivity index (χ2v) is 15.8. The third-order valence-corrected chi connectivity index (χ3v) is 10.1. The van der Waals surface area contributed by atoms with Crippen LogP contribution in [0.25, 0.3) is 0 Å². The second-order valence-electron chi connectivity index (χ2n) is 15.8. The summed E-state index contributed by atoms with van der Waals surface area (Å²) in [4.78, 5) is 12.4. The maximum atomic E-state index is 12.4. The van der Waals surface area contributed by atoms with Gasteiger partial charge in [-0.2, -0.15) is 0 Å². The van der Waals surface area contributed by atoms with E-state index in [1.54, 1.807) is 6.08 Å². The van der Waals surface area contributed by atoms with Gasteiger partial charge in [0.05, 0.1) is 18.8 Å². The van der Waals surface area contributed by atoms with Crippen molar-refractivity contribution in [3.05, 3.63) is 134 Å². The van der Waals surface area contributed by atoms with Crippen molar-refractivity contribution >= 4 is 5.91 Å². The van der Waals surface area contributed by atoms with Crippen LogP contribution in [0.15, 0.2) is 134 Å². The van der Waals surface area contributed by atoms with Crippen molar-refractivity contribution in [2.45, 2.75) is 206 Å². The van der Waals surface area contributed by atoms with E-state index in [9.17, 15) is 15.0 Å². The largest absolute Gasteiger partial charge is 0.394 e. The highest BCUT2D eigenvalue weighted by Gasteiger charge is 2.17. The molecule has 4 nitrogen and oxygen atoms in total. The van der Waals surface area contributed by atoms with Crippen LogP contribution in [0.3, 0.4) is 0 Å². The molecule has 0 aromatic heterocycles. The Morgan fingerprint density at radius 2 is 0.750 bits per heavy atom. The van der Waals surface area contributed by atoms with E-state index < -0.39 is 12.1 Å². The number of amides is 1. The summed E-state index contributed by atoms with van der Waals surface area (Å²) in [5, 5.41) is 23.0. The highest BCUT2D eigenvalue weighted by Crippen LogP contribution is 2.13. The normalized spacial score (nSPS) is 14.1. The number of hydrogen-bond acceptors (Lipinski definition) is 3. The third kappa shape index (κ3) is 45.6. The molecule has 0 fully saturated rings. The Balaban J connectivity index is 3.65. The summed E-state index contributed by atoms with van der Waals surface area (Å²) < 4.78 is 0. The number of carbonyl (C=O) groups excluding carboxylic acids is 1. The molecule has 0 aromatic carbocycles. The van der Waals surface area contributed by atoms with Crippen molar-refractivity contribution in [3.8, 4) is 0 Å². The van der Waals surface area contributed by atoms with Crippen LogP contribution in [0, 0.1) is 0 Å². The van der Waals surface area contributed by atoms with Gasteiger partial charge >= 0.3 is 0 Å². The van der Waals surface area contributed by atoms with E-state index in [0.717, 1.165) is 96.3 Å². The maximum Gasteiger partial charge on any atom is 0.220 e. The van der Waals surface area contributed by atoms with Crippen molar-refractivity contribution < 1.29 is 15.0 Å². The summed E-state index contributed by atoms with van der Waals surface area (Å²) >= 11 is 0. The first-order chi connectivity index (χ1) is 29.7. The minimum absolute atomic E-state index is 0.0907. The summed E-state index contributed by atoms with van der Waals surface area (Å²) in [6, 6.07) is -0.656. The zero-order valence-corrected chi connectivity index (χ0v) is 38.7. The summed E-state index contributed by atoms with van der Waals surface area (Å²) in [5.41, 5.74) is 0. The topological polar surface area (TPSA) is 69.6 Å². The zero-order valence-electron chi connectivity index (χ0n) is 38.7. The molecule has 338 valence electrons. The molecule has 0 heterocycles. The number of hydrogen-bond donors (Lipinski definition) is 3. The highest BCUT2D eigenvalue weighted by molar-refractivity contribution is 5.76. The van der Waals surface area contributed by atoms with Crippen molar-refractivity contribution in [2.24, 2.45) is 0 Å². The van der Waals surface area contributed by atoms with E-state index in [-0.39, 0.29) is 12.5 Å². The maximum absolute atomic E-state index is 12.4. The number of carbonyl (C=O) groups is 1. The predicted octanol–water partition coefficient (Wildman–Crippen LogP) is 15.9. The number of nitrogens with one attached hydrogen (secondary N) is 1. The lowest BCUT2D eigenvalue weighted by atomic mass is 10.0. The minimum atomic E-state index is -0.879. The lowest BCUT2D eigenvalue weighted by Crippen LogP contribution is -2.45. The van der Waals surface area contributed by atoms with Gasteiger partial charge in [0.25, 0.3) is 0 Å². The summed E-state index contributed by atoms with van der Waals surface area (Å²) in [7, 11) is 0. The Morgan fingerprint density at radius 3 is 1.17 bits per heavy atom. The highest BCUT2D eigenvalue weighted by atomic mass is 16.3. The van der Waals surface area contributed by atoms with Crippen LogP contribution in [-0.2, 0) is 4.79 Å². The monoisotopic (exact) mass is 826 g/mol. The average molecular weight is 826 g/mol. The minimum Gasteiger partial charge on any atom is -0.394 e. The first kappa shape index (κ1) is 56.5. The Morgan fingerprint density at radius 1 is 0.417 bits per heavy atom. The van der Waals surface area contributed by atoms with E-state index in [1.807, 2.05) is 6.08 Å². The quantitative estimate of drug-likeness (QED) is 0.0424. The van der Waals surface area contributed by atoms with Crippen LogP contribution in [0.4, 0.5) is 0 Å². The molecule has 0 spiro atoms. The van der Waals surface area contributed by atoms with Crippen LogP contribution >= 0.6 is 0 Å². The van der Waals surface area contributed by atoms with Gasteiger partial charge in [-0.1, -0.05) is 212 Å². The van der Waals surface area contributed by atoms with Gasteiger partial charge < -0.3 is 15.5 Å². The van der Waals surface area contributed by atoms with Gasteiger partial charge in [-0.05, 0) is 109 Å². The van der Waals surface area contributed by atoms with Crippen LogP contribution < -0.4 is 5.32 Å². The molecular weight excluding hydrogens is 735 g/mol. The van der Waals surface area contributed by atoms with Crippen LogP contribution in [0.2, 0.25) is 0 Å². The van der Waals surface area contributed by atoms with E-state index in [1.165, 1.54) is 77.0 Å². The molecule has 0 aromatic rings. The number of aliphatic hydroxyl groups excluding tert-OH is 2. The zero-order chi connectivity index (χ0) is 43.5. The van der Waals surface area contributed by atoms with Crippen LogP contribution in [-0.4, -0.2) is 34.9 Å². The molecule has 2 unspecified atom stereocenters. The molecule has 0 saturated carbocycles. The standard InChI is InChI=1S/C56H91NO3/c1-3-5-7-9-11-13-15-17-18-19-20-21-22-23-24-25-26-27-28-29-30-31-32-33-34-35-36-37-38-40-42-44-46-48-50-52-56(60)57-54(53-58)55(59)51-49-47-45-43-41-39-16-14-12-10-8-6-4-2/h5,7,11-14,17-18,20-21,23-24,26-27,29-30,32-33,41,43,49,51,54-55,58-59H,3-4,6,8-10,15-16,19,22,25,28,31,34-40,42,44-48,50,52-53H2,1-2H3,(H,57,60)/b7-5-,13-11-,14-12+,18-17-,21-20-,24-23-,27-26-,30-29-,33-32-,43-41+,51-49+. The molecule has 3 N–H and O–H groups in total. The van der Waals surface area contributed by atoms with Gasteiger partial charge in [-0.15, -0.1) is 0 Å². The number of unbranched alkanes of at least 4 members (excludes halogenated alkanes) is 15. The molecule has 0 bridgehead atoms. The molecule has 1 amide bonds. The third-order valence-electron chi connectivity index (χ3n) is 10.1. The summed E-state index contributed by atoms with van der Waals surface area (Å²) in [6.07, 6.45) is 78.6. The molecule has 0 aliphatic rings. The number of rotatable bonds is 42. The van der Waals surface area contributed by atoms with E-state index in [4.69, 9.17) is 0 Å². The molecule has 2 atom stereocenters. The fourth-order valence-corrected chi connectivity index (χ4v) is 6.40. The molecule has 0 aliphatic heterocycles. The molecule has 0 radical (unpaired) electrons. The summed E-state index contributed by atoms with van der Waals surface area (Å²) in [6.45, 7) is 4.12. The lowest BCUT2D eigenvalue weighted by molar-refractivity contribution is -0.123. The summed E-state index contributed by atoms with van der Waals surface area (Å²) in [5.74, 6) is -0.0907. The van der Waals surface area contributed by atoms with Crippen molar-refractivity contribution in [1.29, 1.82) is 0 Å². The Labute approximate surface area is 371 Å². The Hall–Kier alpha value is -3.47.